The third-order valence-electron chi connectivity index (χ3n) is 4.42. The van der Waals surface area contributed by atoms with Crippen molar-refractivity contribution in [3.05, 3.63) is 76.8 Å². The van der Waals surface area contributed by atoms with Gasteiger partial charge in [-0.05, 0) is 62.4 Å². The van der Waals surface area contributed by atoms with Crippen molar-refractivity contribution in [3.8, 4) is 0 Å². The molecule has 0 radical (unpaired) electrons. The van der Waals surface area contributed by atoms with Gasteiger partial charge in [0.2, 0.25) is 5.91 Å². The number of amides is 3. The molecule has 0 fully saturated rings. The van der Waals surface area contributed by atoms with Crippen LogP contribution in [0.15, 0.2) is 53.9 Å². The number of benzene rings is 2. The van der Waals surface area contributed by atoms with E-state index in [1.54, 1.807) is 29.6 Å². The predicted octanol–water partition coefficient (Wildman–Crippen LogP) is 5.53. The zero-order valence-corrected chi connectivity index (χ0v) is 19.5. The van der Waals surface area contributed by atoms with Crippen molar-refractivity contribution in [2.75, 3.05) is 10.2 Å². The van der Waals surface area contributed by atoms with E-state index in [1.165, 1.54) is 19.1 Å². The summed E-state index contributed by atoms with van der Waals surface area (Å²) in [7, 11) is 0. The third kappa shape index (κ3) is 6.32. The molecule has 34 heavy (non-hydrogen) atoms. The Morgan fingerprint density at radius 2 is 1.79 bits per heavy atom. The molecule has 10 heteroatoms. The van der Waals surface area contributed by atoms with Crippen LogP contribution in [0.4, 0.5) is 30.1 Å². The van der Waals surface area contributed by atoms with Gasteiger partial charge in [0.25, 0.3) is 0 Å². The Bertz CT molecular complexity index is 1240. The predicted molar refractivity (Wildman–Crippen MR) is 128 cm³/mol. The van der Waals surface area contributed by atoms with Crippen LogP contribution in [-0.2, 0) is 4.79 Å². The third-order valence-corrected chi connectivity index (χ3v) is 5.26. The normalized spacial score (nSPS) is 11.0. The summed E-state index contributed by atoms with van der Waals surface area (Å²) in [5.41, 5.74) is 1.22. The number of anilines is 3. The Labute approximate surface area is 199 Å². The second-order valence-corrected chi connectivity index (χ2v) is 8.37. The van der Waals surface area contributed by atoms with Gasteiger partial charge in [-0.3, -0.25) is 14.5 Å². The van der Waals surface area contributed by atoms with Crippen molar-refractivity contribution in [2.45, 2.75) is 26.8 Å². The maximum atomic E-state index is 14.2. The molecule has 0 saturated carbocycles. The van der Waals surface area contributed by atoms with Gasteiger partial charge >= 0.3 is 6.03 Å². The summed E-state index contributed by atoms with van der Waals surface area (Å²) in [6.07, 6.45) is 2.80. The lowest BCUT2D eigenvalue weighted by Crippen LogP contribution is -2.34. The number of nitrogens with zero attached hydrogens (tertiary/aromatic N) is 2. The average Bonchev–Trinajstić information content (AvgIpc) is 3.22. The monoisotopic (exact) mass is 484 g/mol. The molecule has 7 nitrogen and oxygen atoms in total. The van der Waals surface area contributed by atoms with Gasteiger partial charge in [0.05, 0.1) is 11.4 Å². The molecule has 2 N–H and O–H groups in total. The lowest BCUT2D eigenvalue weighted by atomic mass is 10.1. The number of nitrogens with one attached hydrogen (secondary N) is 2. The summed E-state index contributed by atoms with van der Waals surface area (Å²) in [4.78, 5) is 41.7. The number of carbonyl (C=O) groups is 3. The van der Waals surface area contributed by atoms with Crippen LogP contribution in [0.2, 0.25) is 0 Å². The van der Waals surface area contributed by atoms with E-state index in [4.69, 9.17) is 0 Å². The molecule has 0 aliphatic rings. The Hall–Kier alpha value is -3.92. The molecule has 0 bridgehead atoms. The van der Waals surface area contributed by atoms with Crippen LogP contribution in [0.5, 0.6) is 0 Å². The molecule has 0 atom stereocenters. The molecule has 0 aliphatic carbocycles. The number of rotatable bonds is 7. The molecule has 0 unspecified atom stereocenters. The minimum atomic E-state index is -0.891. The number of allylic oxidation sites excluding steroid dienone is 1. The van der Waals surface area contributed by atoms with Gasteiger partial charge < -0.3 is 10.6 Å². The van der Waals surface area contributed by atoms with Gasteiger partial charge in [-0.1, -0.05) is 0 Å². The summed E-state index contributed by atoms with van der Waals surface area (Å²) in [5.74, 6) is -2.44. The highest BCUT2D eigenvalue weighted by molar-refractivity contribution is 7.14. The fourth-order valence-corrected chi connectivity index (χ4v) is 3.78. The van der Waals surface area contributed by atoms with Gasteiger partial charge in [0, 0.05) is 35.7 Å². The summed E-state index contributed by atoms with van der Waals surface area (Å²) < 4.78 is 27.4. The minimum Gasteiger partial charge on any atom is -0.336 e. The number of hydrogen-bond donors (Lipinski definition) is 2. The zero-order valence-electron chi connectivity index (χ0n) is 18.6. The molecule has 176 valence electrons. The fraction of sp³-hybridized carbons (Fsp3) is 0.167. The molecule has 3 amide bonds. The molecule has 2 aromatic carbocycles. The first-order chi connectivity index (χ1) is 16.1. The smallest absolute Gasteiger partial charge is 0.319 e. The molecular formula is C24H22F2N4O3S. The first-order valence-corrected chi connectivity index (χ1v) is 11.1. The molecule has 0 spiro atoms. The van der Waals surface area contributed by atoms with Crippen molar-refractivity contribution in [1.29, 1.82) is 0 Å². The van der Waals surface area contributed by atoms with E-state index in [9.17, 15) is 23.2 Å². The average molecular weight is 485 g/mol. The highest BCUT2D eigenvalue weighted by Crippen LogP contribution is 2.31. The van der Waals surface area contributed by atoms with Crippen molar-refractivity contribution >= 4 is 51.6 Å². The molecule has 0 aliphatic heterocycles. The Morgan fingerprint density at radius 3 is 2.41 bits per heavy atom. The van der Waals surface area contributed by atoms with E-state index in [-0.39, 0.29) is 28.7 Å². The SMILES string of the molecule is CC(=O)N(c1nc(/C=C/C(=O)c2ccc(NC(=O)NC(C)C)cc2)cs1)c1ccc(F)cc1F. The summed E-state index contributed by atoms with van der Waals surface area (Å²) in [5, 5.41) is 7.16. The summed E-state index contributed by atoms with van der Waals surface area (Å²) >= 11 is 1.08. The lowest BCUT2D eigenvalue weighted by molar-refractivity contribution is -0.115. The van der Waals surface area contributed by atoms with Crippen LogP contribution in [0.25, 0.3) is 6.08 Å². The number of ketones is 1. The molecular weight excluding hydrogens is 462 g/mol. The van der Waals surface area contributed by atoms with Crippen LogP contribution >= 0.6 is 11.3 Å². The molecule has 3 aromatic rings. The van der Waals surface area contributed by atoms with E-state index >= 15 is 0 Å². The van der Waals surface area contributed by atoms with E-state index in [0.29, 0.717) is 23.0 Å². The second-order valence-electron chi connectivity index (χ2n) is 7.53. The molecule has 3 rings (SSSR count). The fourth-order valence-electron chi connectivity index (χ4n) is 2.93. The van der Waals surface area contributed by atoms with Crippen molar-refractivity contribution < 1.29 is 23.2 Å². The zero-order chi connectivity index (χ0) is 24.8. The van der Waals surface area contributed by atoms with Crippen LogP contribution in [-0.4, -0.2) is 28.7 Å². The van der Waals surface area contributed by atoms with E-state index in [2.05, 4.69) is 15.6 Å². The van der Waals surface area contributed by atoms with Gasteiger partial charge in [-0.2, -0.15) is 0 Å². The second kappa shape index (κ2) is 10.8. The van der Waals surface area contributed by atoms with Crippen LogP contribution in [0.3, 0.4) is 0 Å². The maximum absolute atomic E-state index is 14.2. The van der Waals surface area contributed by atoms with Crippen molar-refractivity contribution in [2.24, 2.45) is 0 Å². The van der Waals surface area contributed by atoms with Gasteiger partial charge in [0.15, 0.2) is 10.9 Å². The largest absolute Gasteiger partial charge is 0.336 e. The van der Waals surface area contributed by atoms with E-state index in [0.717, 1.165) is 28.4 Å². The molecule has 1 heterocycles. The topological polar surface area (TPSA) is 91.4 Å². The highest BCUT2D eigenvalue weighted by Gasteiger charge is 2.21. The highest BCUT2D eigenvalue weighted by atomic mass is 32.1. The van der Waals surface area contributed by atoms with Crippen molar-refractivity contribution in [1.82, 2.24) is 10.3 Å². The first kappa shape index (κ1) is 24.7. The summed E-state index contributed by atoms with van der Waals surface area (Å²) in [6.45, 7) is 4.93. The van der Waals surface area contributed by atoms with Crippen LogP contribution < -0.4 is 15.5 Å². The number of carbonyl (C=O) groups excluding carboxylic acids is 3. The Kier molecular flexibility index (Phi) is 7.85. The molecule has 0 saturated heterocycles. The quantitative estimate of drug-likeness (QED) is 0.341. The number of thiazole rings is 1. The maximum Gasteiger partial charge on any atom is 0.319 e. The van der Waals surface area contributed by atoms with E-state index < -0.39 is 17.5 Å². The number of urea groups is 1. The lowest BCUT2D eigenvalue weighted by Gasteiger charge is -2.18. The van der Waals surface area contributed by atoms with E-state index in [1.807, 2.05) is 13.8 Å². The first-order valence-electron chi connectivity index (χ1n) is 10.3. The van der Waals surface area contributed by atoms with Gasteiger partial charge in [-0.25, -0.2) is 18.6 Å². The van der Waals surface area contributed by atoms with Crippen LogP contribution in [0.1, 0.15) is 36.8 Å². The standard InChI is InChI=1S/C24H22F2N4O3S/c1-14(2)27-23(33)28-18-7-4-16(5-8-18)22(32)11-9-19-13-34-24(29-19)30(15(3)31)21-10-6-17(25)12-20(21)26/h4-14H,1-3H3,(H2,27,28,33)/b11-9+. The summed E-state index contributed by atoms with van der Waals surface area (Å²) in [6, 6.07) is 8.96. The number of halogens is 2. The Balaban J connectivity index is 1.70. The van der Waals surface area contributed by atoms with Crippen LogP contribution in [0, 0.1) is 11.6 Å². The minimum absolute atomic E-state index is 0.00513. The Morgan fingerprint density at radius 1 is 1.09 bits per heavy atom. The van der Waals surface area contributed by atoms with Gasteiger partial charge in [0.1, 0.15) is 11.6 Å². The number of hydrogen-bond acceptors (Lipinski definition) is 5. The van der Waals surface area contributed by atoms with Crippen molar-refractivity contribution in [3.63, 3.8) is 0 Å². The van der Waals surface area contributed by atoms with Gasteiger partial charge in [-0.15, -0.1) is 11.3 Å². The molecule has 1 aromatic heterocycles. The number of aromatic nitrogens is 1.